The Labute approximate surface area is 113 Å². The van der Waals surface area contributed by atoms with Crippen molar-refractivity contribution in [3.8, 4) is 0 Å². The zero-order valence-electron chi connectivity index (χ0n) is 10.4. The van der Waals surface area contributed by atoms with Crippen LogP contribution in [0.25, 0.3) is 10.8 Å². The van der Waals surface area contributed by atoms with Crippen molar-refractivity contribution in [1.29, 1.82) is 0 Å². The van der Waals surface area contributed by atoms with Crippen LogP contribution in [0.3, 0.4) is 0 Å². The molecule has 3 aromatic rings. The van der Waals surface area contributed by atoms with E-state index < -0.39 is 11.2 Å². The number of fused-ring (bicyclic) bond motifs is 1. The Morgan fingerprint density at radius 3 is 2.50 bits per heavy atom. The number of hydrogen-bond donors (Lipinski definition) is 4. The molecule has 0 amide bonds. The second-order valence-corrected chi connectivity index (χ2v) is 4.28. The van der Waals surface area contributed by atoms with Gasteiger partial charge in [0.25, 0.3) is 5.56 Å². The highest BCUT2D eigenvalue weighted by Crippen LogP contribution is 2.22. The summed E-state index contributed by atoms with van der Waals surface area (Å²) in [5.41, 5.74) is 5.63. The Balaban J connectivity index is 1.90. The molecular weight excluding hydrogens is 256 g/mol. The van der Waals surface area contributed by atoms with Crippen molar-refractivity contribution in [1.82, 2.24) is 9.97 Å². The standard InChI is InChI=1S/C14H12N4O2/c19-13-8-12(15-14(20)16-13)18-17-11-7-3-5-9-4-1-2-6-10(9)11/h1-8,17H,(H3,15,16,18,19,20). The van der Waals surface area contributed by atoms with Crippen LogP contribution >= 0.6 is 0 Å². The first kappa shape index (κ1) is 12.0. The highest BCUT2D eigenvalue weighted by molar-refractivity contribution is 5.94. The van der Waals surface area contributed by atoms with Crippen LogP contribution in [0.2, 0.25) is 0 Å². The summed E-state index contributed by atoms with van der Waals surface area (Å²) in [6, 6.07) is 15.0. The zero-order chi connectivity index (χ0) is 13.9. The van der Waals surface area contributed by atoms with Crippen LogP contribution in [0, 0.1) is 0 Å². The molecule has 0 radical (unpaired) electrons. The number of hydrazine groups is 1. The summed E-state index contributed by atoms with van der Waals surface area (Å²) in [4.78, 5) is 26.9. The van der Waals surface area contributed by atoms with Gasteiger partial charge in [-0.1, -0.05) is 36.4 Å². The third-order valence-corrected chi connectivity index (χ3v) is 2.88. The van der Waals surface area contributed by atoms with Crippen LogP contribution in [0.1, 0.15) is 0 Å². The van der Waals surface area contributed by atoms with E-state index in [9.17, 15) is 9.59 Å². The Morgan fingerprint density at radius 2 is 1.65 bits per heavy atom. The van der Waals surface area contributed by atoms with Crippen molar-refractivity contribution in [2.45, 2.75) is 0 Å². The highest BCUT2D eigenvalue weighted by Gasteiger charge is 2.00. The number of anilines is 2. The lowest BCUT2D eigenvalue weighted by Gasteiger charge is -2.11. The van der Waals surface area contributed by atoms with Gasteiger partial charge in [-0.15, -0.1) is 0 Å². The summed E-state index contributed by atoms with van der Waals surface area (Å²) >= 11 is 0. The average molecular weight is 268 g/mol. The molecule has 6 heteroatoms. The number of aromatic nitrogens is 2. The Morgan fingerprint density at radius 1 is 0.850 bits per heavy atom. The van der Waals surface area contributed by atoms with Crippen LogP contribution in [0.4, 0.5) is 11.5 Å². The minimum absolute atomic E-state index is 0.298. The lowest BCUT2D eigenvalue weighted by molar-refractivity contribution is 1.03. The fourth-order valence-corrected chi connectivity index (χ4v) is 2.01. The van der Waals surface area contributed by atoms with Gasteiger partial charge in [-0.25, -0.2) is 4.79 Å². The first-order valence-corrected chi connectivity index (χ1v) is 6.06. The van der Waals surface area contributed by atoms with Crippen molar-refractivity contribution >= 4 is 22.3 Å². The molecule has 0 saturated heterocycles. The van der Waals surface area contributed by atoms with Crippen LogP contribution in [-0.2, 0) is 0 Å². The van der Waals surface area contributed by atoms with Gasteiger partial charge in [0.05, 0.1) is 5.69 Å². The topological polar surface area (TPSA) is 89.8 Å². The first-order chi connectivity index (χ1) is 9.72. The Hall–Kier alpha value is -3.02. The summed E-state index contributed by atoms with van der Waals surface area (Å²) < 4.78 is 0. The molecule has 0 spiro atoms. The number of rotatable bonds is 3. The van der Waals surface area contributed by atoms with E-state index in [2.05, 4.69) is 20.8 Å². The molecule has 0 aliphatic carbocycles. The summed E-state index contributed by atoms with van der Waals surface area (Å²) in [7, 11) is 0. The van der Waals surface area contributed by atoms with Gasteiger partial charge in [-0.05, 0) is 11.5 Å². The minimum Gasteiger partial charge on any atom is -0.299 e. The van der Waals surface area contributed by atoms with E-state index in [1.807, 2.05) is 42.5 Å². The molecule has 0 aliphatic rings. The number of benzene rings is 2. The number of nitrogens with one attached hydrogen (secondary N) is 4. The summed E-state index contributed by atoms with van der Waals surface area (Å²) in [5, 5.41) is 2.13. The van der Waals surface area contributed by atoms with Gasteiger partial charge in [-0.3, -0.25) is 25.6 Å². The first-order valence-electron chi connectivity index (χ1n) is 6.06. The molecule has 0 aliphatic heterocycles. The smallest absolute Gasteiger partial charge is 0.299 e. The fourth-order valence-electron chi connectivity index (χ4n) is 2.01. The van der Waals surface area contributed by atoms with Gasteiger partial charge in [0.2, 0.25) is 0 Å². The maximum Gasteiger partial charge on any atom is 0.327 e. The molecular formula is C14H12N4O2. The van der Waals surface area contributed by atoms with Crippen molar-refractivity contribution < 1.29 is 0 Å². The molecule has 4 N–H and O–H groups in total. The molecule has 20 heavy (non-hydrogen) atoms. The van der Waals surface area contributed by atoms with Crippen LogP contribution in [0.15, 0.2) is 58.1 Å². The molecule has 2 aromatic carbocycles. The molecule has 1 aromatic heterocycles. The number of hydrogen-bond acceptors (Lipinski definition) is 4. The predicted molar refractivity (Wildman–Crippen MR) is 78.9 cm³/mol. The SMILES string of the molecule is O=c1cc(NNc2cccc3ccccc23)[nH]c(=O)[nH]1. The van der Waals surface area contributed by atoms with Crippen molar-refractivity contribution in [2.75, 3.05) is 10.9 Å². The van der Waals surface area contributed by atoms with Crippen molar-refractivity contribution in [3.05, 3.63) is 69.4 Å². The van der Waals surface area contributed by atoms with E-state index in [0.29, 0.717) is 5.82 Å². The normalized spacial score (nSPS) is 10.4. The second kappa shape index (κ2) is 4.93. The van der Waals surface area contributed by atoms with E-state index in [1.54, 1.807) is 0 Å². The van der Waals surface area contributed by atoms with E-state index >= 15 is 0 Å². The Bertz CT molecular complexity index is 833. The predicted octanol–water partition coefficient (Wildman–Crippen LogP) is 1.66. The highest BCUT2D eigenvalue weighted by atomic mass is 16.2. The third kappa shape index (κ3) is 2.39. The molecule has 0 saturated carbocycles. The van der Waals surface area contributed by atoms with Crippen molar-refractivity contribution in [3.63, 3.8) is 0 Å². The molecule has 0 atom stereocenters. The average Bonchev–Trinajstić information content (AvgIpc) is 2.44. The second-order valence-electron chi connectivity index (χ2n) is 4.28. The lowest BCUT2D eigenvalue weighted by atomic mass is 10.1. The zero-order valence-corrected chi connectivity index (χ0v) is 10.4. The molecule has 1 heterocycles. The maximum absolute atomic E-state index is 11.2. The largest absolute Gasteiger partial charge is 0.327 e. The van der Waals surface area contributed by atoms with E-state index in [1.165, 1.54) is 6.07 Å². The molecule has 6 nitrogen and oxygen atoms in total. The van der Waals surface area contributed by atoms with Crippen molar-refractivity contribution in [2.24, 2.45) is 0 Å². The summed E-state index contributed by atoms with van der Waals surface area (Å²) in [6.07, 6.45) is 0. The Kier molecular flexibility index (Phi) is 2.96. The molecule has 0 bridgehead atoms. The third-order valence-electron chi connectivity index (χ3n) is 2.88. The van der Waals surface area contributed by atoms with E-state index in [4.69, 9.17) is 0 Å². The molecule has 0 unspecified atom stereocenters. The van der Waals surface area contributed by atoms with Crippen LogP contribution < -0.4 is 22.1 Å². The monoisotopic (exact) mass is 268 g/mol. The molecule has 100 valence electrons. The van der Waals surface area contributed by atoms with Gasteiger partial charge in [-0.2, -0.15) is 0 Å². The van der Waals surface area contributed by atoms with E-state index in [0.717, 1.165) is 16.5 Å². The van der Waals surface area contributed by atoms with Gasteiger partial charge in [0.15, 0.2) is 0 Å². The number of H-pyrrole nitrogens is 2. The molecule has 3 rings (SSSR count). The summed E-state index contributed by atoms with van der Waals surface area (Å²) in [6.45, 7) is 0. The minimum atomic E-state index is -0.556. The maximum atomic E-state index is 11.2. The fraction of sp³-hybridized carbons (Fsp3) is 0. The van der Waals surface area contributed by atoms with Gasteiger partial charge >= 0.3 is 5.69 Å². The van der Waals surface area contributed by atoms with Crippen LogP contribution in [-0.4, -0.2) is 9.97 Å². The van der Waals surface area contributed by atoms with Gasteiger partial charge in [0.1, 0.15) is 5.82 Å². The summed E-state index contributed by atoms with van der Waals surface area (Å²) in [5.74, 6) is 0.298. The van der Waals surface area contributed by atoms with Gasteiger partial charge < -0.3 is 0 Å². The quantitative estimate of drug-likeness (QED) is 0.544. The molecule has 0 fully saturated rings. The van der Waals surface area contributed by atoms with Gasteiger partial charge in [0, 0.05) is 11.5 Å². The number of aromatic amines is 2. The van der Waals surface area contributed by atoms with Crippen LogP contribution in [0.5, 0.6) is 0 Å². The lowest BCUT2D eigenvalue weighted by Crippen LogP contribution is -2.24. The van der Waals surface area contributed by atoms with E-state index in [-0.39, 0.29) is 0 Å².